The van der Waals surface area contributed by atoms with Crippen molar-refractivity contribution in [3.8, 4) is 0 Å². The van der Waals surface area contributed by atoms with Gasteiger partial charge in [0.05, 0.1) is 13.2 Å². The fourth-order valence-corrected chi connectivity index (χ4v) is 3.02. The van der Waals surface area contributed by atoms with Crippen LogP contribution >= 0.6 is 0 Å². The van der Waals surface area contributed by atoms with Gasteiger partial charge >= 0.3 is 0 Å². The number of hydrogen-bond acceptors (Lipinski definition) is 3. The van der Waals surface area contributed by atoms with Crippen molar-refractivity contribution in [1.29, 1.82) is 0 Å². The van der Waals surface area contributed by atoms with Crippen molar-refractivity contribution in [2.75, 3.05) is 26.3 Å². The van der Waals surface area contributed by atoms with Crippen molar-refractivity contribution in [3.05, 3.63) is 35.4 Å². The molecule has 1 N–H and O–H groups in total. The van der Waals surface area contributed by atoms with Gasteiger partial charge in [-0.15, -0.1) is 0 Å². The summed E-state index contributed by atoms with van der Waals surface area (Å²) >= 11 is 0. The lowest BCUT2D eigenvalue weighted by Gasteiger charge is -2.30. The van der Waals surface area contributed by atoms with Crippen LogP contribution in [0.1, 0.15) is 30.1 Å². The summed E-state index contributed by atoms with van der Waals surface area (Å²) in [6, 6.07) is 8.41. The summed E-state index contributed by atoms with van der Waals surface area (Å²) < 4.78 is 5.53. The van der Waals surface area contributed by atoms with Crippen molar-refractivity contribution >= 4 is 5.91 Å². The zero-order chi connectivity index (χ0) is 13.9. The third-order valence-electron chi connectivity index (χ3n) is 4.18. The second-order valence-electron chi connectivity index (χ2n) is 5.82. The van der Waals surface area contributed by atoms with Crippen molar-refractivity contribution in [1.82, 2.24) is 10.2 Å². The SMILES string of the molecule is Cc1ccc(C2NCC(=O)N2CC2CCCOC2)cc1. The maximum atomic E-state index is 12.1. The Bertz CT molecular complexity index is 466. The molecule has 20 heavy (non-hydrogen) atoms. The van der Waals surface area contributed by atoms with E-state index in [2.05, 4.69) is 36.5 Å². The van der Waals surface area contributed by atoms with Crippen molar-refractivity contribution < 1.29 is 9.53 Å². The number of ether oxygens (including phenoxy) is 1. The minimum Gasteiger partial charge on any atom is -0.381 e. The molecule has 2 heterocycles. The fraction of sp³-hybridized carbons (Fsp3) is 0.562. The second-order valence-corrected chi connectivity index (χ2v) is 5.82. The lowest BCUT2D eigenvalue weighted by molar-refractivity contribution is -0.129. The van der Waals surface area contributed by atoms with Crippen LogP contribution < -0.4 is 5.32 Å². The summed E-state index contributed by atoms with van der Waals surface area (Å²) in [6.45, 7) is 4.96. The number of nitrogens with one attached hydrogen (secondary N) is 1. The lowest BCUT2D eigenvalue weighted by Crippen LogP contribution is -2.37. The number of carbonyl (C=O) groups excluding carboxylic acids is 1. The summed E-state index contributed by atoms with van der Waals surface area (Å²) in [5, 5.41) is 3.32. The van der Waals surface area contributed by atoms with Crippen molar-refractivity contribution in [2.24, 2.45) is 5.92 Å². The van der Waals surface area contributed by atoms with Crippen LogP contribution in [0.3, 0.4) is 0 Å². The van der Waals surface area contributed by atoms with E-state index in [1.54, 1.807) is 0 Å². The molecule has 1 amide bonds. The number of amides is 1. The predicted molar refractivity (Wildman–Crippen MR) is 77.2 cm³/mol. The van der Waals surface area contributed by atoms with Crippen LogP contribution in [0.4, 0.5) is 0 Å². The third-order valence-corrected chi connectivity index (χ3v) is 4.18. The van der Waals surface area contributed by atoms with E-state index in [1.807, 2.05) is 4.90 Å². The first-order chi connectivity index (χ1) is 9.74. The molecule has 0 aromatic heterocycles. The van der Waals surface area contributed by atoms with E-state index in [0.717, 1.165) is 38.2 Å². The zero-order valence-corrected chi connectivity index (χ0v) is 12.0. The van der Waals surface area contributed by atoms with Crippen LogP contribution in [0, 0.1) is 12.8 Å². The molecule has 0 radical (unpaired) electrons. The van der Waals surface area contributed by atoms with E-state index < -0.39 is 0 Å². The second kappa shape index (κ2) is 5.94. The number of nitrogens with zero attached hydrogens (tertiary/aromatic N) is 1. The molecule has 0 bridgehead atoms. The van der Waals surface area contributed by atoms with Gasteiger partial charge in [0.2, 0.25) is 5.91 Å². The molecule has 2 unspecified atom stereocenters. The largest absolute Gasteiger partial charge is 0.381 e. The smallest absolute Gasteiger partial charge is 0.238 e. The average Bonchev–Trinajstić information content (AvgIpc) is 2.83. The molecular weight excluding hydrogens is 252 g/mol. The van der Waals surface area contributed by atoms with Gasteiger partial charge < -0.3 is 9.64 Å². The Balaban J connectivity index is 1.72. The first-order valence-electron chi connectivity index (χ1n) is 7.41. The summed E-state index contributed by atoms with van der Waals surface area (Å²) in [7, 11) is 0. The molecule has 1 aromatic carbocycles. The highest BCUT2D eigenvalue weighted by atomic mass is 16.5. The van der Waals surface area contributed by atoms with Crippen LogP contribution in [-0.4, -0.2) is 37.1 Å². The molecule has 0 spiro atoms. The summed E-state index contributed by atoms with van der Waals surface area (Å²) in [5.41, 5.74) is 2.41. The highest BCUT2D eigenvalue weighted by molar-refractivity contribution is 5.81. The van der Waals surface area contributed by atoms with Gasteiger partial charge in [0.25, 0.3) is 0 Å². The maximum Gasteiger partial charge on any atom is 0.238 e. The monoisotopic (exact) mass is 274 g/mol. The van der Waals surface area contributed by atoms with Crippen LogP contribution in [0.25, 0.3) is 0 Å². The lowest BCUT2D eigenvalue weighted by atomic mass is 10.0. The first-order valence-corrected chi connectivity index (χ1v) is 7.41. The molecule has 3 rings (SSSR count). The molecule has 0 aliphatic carbocycles. The van der Waals surface area contributed by atoms with E-state index in [9.17, 15) is 4.79 Å². The first kappa shape index (κ1) is 13.6. The molecule has 2 aliphatic heterocycles. The van der Waals surface area contributed by atoms with Gasteiger partial charge in [0, 0.05) is 19.1 Å². The number of rotatable bonds is 3. The minimum atomic E-state index is 0.0185. The molecule has 2 atom stereocenters. The van der Waals surface area contributed by atoms with E-state index in [1.165, 1.54) is 5.56 Å². The quantitative estimate of drug-likeness (QED) is 0.914. The predicted octanol–water partition coefficient (Wildman–Crippen LogP) is 1.85. The van der Waals surface area contributed by atoms with Crippen LogP contribution in [-0.2, 0) is 9.53 Å². The van der Waals surface area contributed by atoms with Gasteiger partial charge in [-0.3, -0.25) is 10.1 Å². The number of carbonyl (C=O) groups is 1. The van der Waals surface area contributed by atoms with Gasteiger partial charge in [-0.2, -0.15) is 0 Å². The topological polar surface area (TPSA) is 41.6 Å². The Morgan fingerprint density at radius 2 is 2.15 bits per heavy atom. The van der Waals surface area contributed by atoms with Gasteiger partial charge in [-0.25, -0.2) is 0 Å². The molecule has 1 aromatic rings. The van der Waals surface area contributed by atoms with Gasteiger partial charge in [-0.1, -0.05) is 29.8 Å². The highest BCUT2D eigenvalue weighted by Crippen LogP contribution is 2.26. The van der Waals surface area contributed by atoms with Crippen LogP contribution in [0.15, 0.2) is 24.3 Å². The number of benzene rings is 1. The molecule has 0 saturated carbocycles. The maximum absolute atomic E-state index is 12.1. The van der Waals surface area contributed by atoms with E-state index in [0.29, 0.717) is 12.5 Å². The van der Waals surface area contributed by atoms with Gasteiger partial charge in [0.15, 0.2) is 0 Å². The standard InChI is InChI=1S/C16H22N2O2/c1-12-4-6-14(7-5-12)16-17-9-15(19)18(16)10-13-3-2-8-20-11-13/h4-7,13,16-17H,2-3,8-11H2,1H3. The Morgan fingerprint density at radius 3 is 2.85 bits per heavy atom. The normalized spacial score (nSPS) is 27.1. The highest BCUT2D eigenvalue weighted by Gasteiger charge is 2.33. The summed E-state index contributed by atoms with van der Waals surface area (Å²) in [6.07, 6.45) is 2.28. The Hall–Kier alpha value is -1.39. The van der Waals surface area contributed by atoms with E-state index in [-0.39, 0.29) is 12.1 Å². The summed E-state index contributed by atoms with van der Waals surface area (Å²) in [4.78, 5) is 14.1. The summed E-state index contributed by atoms with van der Waals surface area (Å²) in [5.74, 6) is 0.668. The van der Waals surface area contributed by atoms with E-state index >= 15 is 0 Å². The van der Waals surface area contributed by atoms with Gasteiger partial charge in [-0.05, 0) is 25.3 Å². The van der Waals surface area contributed by atoms with Crippen molar-refractivity contribution in [2.45, 2.75) is 25.9 Å². The Labute approximate surface area is 120 Å². The van der Waals surface area contributed by atoms with Crippen LogP contribution in [0.2, 0.25) is 0 Å². The third kappa shape index (κ3) is 2.86. The number of hydrogen-bond donors (Lipinski definition) is 1. The molecule has 4 heteroatoms. The molecule has 2 fully saturated rings. The van der Waals surface area contributed by atoms with E-state index in [4.69, 9.17) is 4.74 Å². The average molecular weight is 274 g/mol. The molecule has 4 nitrogen and oxygen atoms in total. The number of aryl methyl sites for hydroxylation is 1. The molecule has 108 valence electrons. The fourth-order valence-electron chi connectivity index (χ4n) is 3.02. The zero-order valence-electron chi connectivity index (χ0n) is 12.0. The van der Waals surface area contributed by atoms with Crippen LogP contribution in [0.5, 0.6) is 0 Å². The van der Waals surface area contributed by atoms with Crippen molar-refractivity contribution in [3.63, 3.8) is 0 Å². The Morgan fingerprint density at radius 1 is 1.35 bits per heavy atom. The molecule has 2 aliphatic rings. The Kier molecular flexibility index (Phi) is 4.03. The van der Waals surface area contributed by atoms with Gasteiger partial charge in [0.1, 0.15) is 6.17 Å². The molecule has 2 saturated heterocycles. The molecular formula is C16H22N2O2. The minimum absolute atomic E-state index is 0.0185.